The van der Waals surface area contributed by atoms with Crippen LogP contribution in [0.3, 0.4) is 0 Å². The SMILES string of the molecule is COc1ccn2ncc(C(=O)Cl)c2c1. The third kappa shape index (κ3) is 1.33. The van der Waals surface area contributed by atoms with Crippen molar-refractivity contribution < 1.29 is 9.53 Å². The van der Waals surface area contributed by atoms with Gasteiger partial charge in [-0.15, -0.1) is 0 Å². The first-order valence-corrected chi connectivity index (χ1v) is 4.31. The Hall–Kier alpha value is -1.55. The van der Waals surface area contributed by atoms with Crippen molar-refractivity contribution in [1.29, 1.82) is 0 Å². The van der Waals surface area contributed by atoms with Crippen molar-refractivity contribution in [3.63, 3.8) is 0 Å². The highest BCUT2D eigenvalue weighted by atomic mass is 35.5. The molecule has 72 valence electrons. The van der Waals surface area contributed by atoms with E-state index in [1.165, 1.54) is 6.20 Å². The number of hydrogen-bond donors (Lipinski definition) is 0. The lowest BCUT2D eigenvalue weighted by Gasteiger charge is -1.99. The molecule has 5 heteroatoms. The van der Waals surface area contributed by atoms with Crippen LogP contribution in [-0.4, -0.2) is 22.0 Å². The van der Waals surface area contributed by atoms with Crippen molar-refractivity contribution in [3.8, 4) is 5.75 Å². The Morgan fingerprint density at radius 3 is 3.07 bits per heavy atom. The average molecular weight is 211 g/mol. The van der Waals surface area contributed by atoms with Crippen molar-refractivity contribution in [3.05, 3.63) is 30.1 Å². The van der Waals surface area contributed by atoms with Gasteiger partial charge in [-0.05, 0) is 17.7 Å². The molecular weight excluding hydrogens is 204 g/mol. The zero-order chi connectivity index (χ0) is 10.1. The first-order valence-electron chi connectivity index (χ1n) is 3.93. The lowest BCUT2D eigenvalue weighted by molar-refractivity contribution is 0.108. The zero-order valence-electron chi connectivity index (χ0n) is 7.40. The molecule has 4 nitrogen and oxygen atoms in total. The van der Waals surface area contributed by atoms with E-state index in [0.29, 0.717) is 16.8 Å². The highest BCUT2D eigenvalue weighted by Gasteiger charge is 2.10. The summed E-state index contributed by atoms with van der Waals surface area (Å²) in [7, 11) is 1.56. The molecule has 2 heterocycles. The zero-order valence-corrected chi connectivity index (χ0v) is 8.15. The largest absolute Gasteiger partial charge is 0.497 e. The van der Waals surface area contributed by atoms with Crippen molar-refractivity contribution in [1.82, 2.24) is 9.61 Å². The molecule has 0 atom stereocenters. The number of halogens is 1. The van der Waals surface area contributed by atoms with Gasteiger partial charge in [0.2, 0.25) is 0 Å². The number of carbonyl (C=O) groups excluding carboxylic acids is 1. The van der Waals surface area contributed by atoms with Gasteiger partial charge in [0.15, 0.2) is 0 Å². The molecular formula is C9H7ClN2O2. The second-order valence-electron chi connectivity index (χ2n) is 2.73. The Labute approximate surface area is 85.0 Å². The Morgan fingerprint density at radius 1 is 1.64 bits per heavy atom. The molecule has 0 spiro atoms. The lowest BCUT2D eigenvalue weighted by Crippen LogP contribution is -1.91. The Kier molecular flexibility index (Phi) is 2.13. The van der Waals surface area contributed by atoms with Gasteiger partial charge in [0.25, 0.3) is 5.24 Å². The van der Waals surface area contributed by atoms with Gasteiger partial charge in [-0.3, -0.25) is 4.79 Å². The summed E-state index contributed by atoms with van der Waals surface area (Å²) in [5.74, 6) is 0.664. The van der Waals surface area contributed by atoms with Gasteiger partial charge >= 0.3 is 0 Å². The maximum Gasteiger partial charge on any atom is 0.256 e. The number of nitrogens with zero attached hydrogens (tertiary/aromatic N) is 2. The van der Waals surface area contributed by atoms with Crippen LogP contribution in [-0.2, 0) is 0 Å². The van der Waals surface area contributed by atoms with E-state index in [0.717, 1.165) is 0 Å². The fourth-order valence-electron chi connectivity index (χ4n) is 1.24. The molecule has 2 rings (SSSR count). The molecule has 0 saturated heterocycles. The van der Waals surface area contributed by atoms with Crippen molar-refractivity contribution >= 4 is 22.4 Å². The second kappa shape index (κ2) is 3.31. The quantitative estimate of drug-likeness (QED) is 0.709. The Morgan fingerprint density at radius 2 is 2.43 bits per heavy atom. The Bertz CT molecular complexity index is 493. The molecule has 0 aliphatic rings. The van der Waals surface area contributed by atoms with Crippen LogP contribution in [0.15, 0.2) is 24.5 Å². The number of aromatic nitrogens is 2. The van der Waals surface area contributed by atoms with Crippen molar-refractivity contribution in [2.75, 3.05) is 7.11 Å². The minimum absolute atomic E-state index is 0.380. The second-order valence-corrected chi connectivity index (χ2v) is 3.07. The number of pyridine rings is 1. The highest BCUT2D eigenvalue weighted by Crippen LogP contribution is 2.18. The van der Waals surface area contributed by atoms with Crippen LogP contribution in [0, 0.1) is 0 Å². The van der Waals surface area contributed by atoms with E-state index in [1.807, 2.05) is 0 Å². The third-order valence-electron chi connectivity index (χ3n) is 1.94. The van der Waals surface area contributed by atoms with Crippen LogP contribution < -0.4 is 4.74 Å². The molecule has 14 heavy (non-hydrogen) atoms. The minimum atomic E-state index is -0.520. The van der Waals surface area contributed by atoms with Gasteiger partial charge in [-0.2, -0.15) is 5.10 Å². The van der Waals surface area contributed by atoms with Crippen molar-refractivity contribution in [2.45, 2.75) is 0 Å². The number of hydrogen-bond acceptors (Lipinski definition) is 3. The van der Waals surface area contributed by atoms with E-state index >= 15 is 0 Å². The Balaban J connectivity index is 2.69. The average Bonchev–Trinajstić information content (AvgIpc) is 2.59. The molecule has 0 unspecified atom stereocenters. The number of ether oxygens (including phenoxy) is 1. The first-order chi connectivity index (χ1) is 6.72. The number of fused-ring (bicyclic) bond motifs is 1. The maximum atomic E-state index is 11.0. The summed E-state index contributed by atoms with van der Waals surface area (Å²) in [6.45, 7) is 0. The van der Waals surface area contributed by atoms with Crippen molar-refractivity contribution in [2.24, 2.45) is 0 Å². The van der Waals surface area contributed by atoms with E-state index in [1.54, 1.807) is 30.0 Å². The summed E-state index contributed by atoms with van der Waals surface area (Å²) in [6.07, 6.45) is 3.14. The summed E-state index contributed by atoms with van der Waals surface area (Å²) >= 11 is 5.39. The van der Waals surface area contributed by atoms with E-state index in [4.69, 9.17) is 16.3 Å². The van der Waals surface area contributed by atoms with Crippen LogP contribution in [0.4, 0.5) is 0 Å². The maximum absolute atomic E-state index is 11.0. The normalized spacial score (nSPS) is 10.4. The fraction of sp³-hybridized carbons (Fsp3) is 0.111. The molecule has 0 aliphatic heterocycles. The summed E-state index contributed by atoms with van der Waals surface area (Å²) < 4.78 is 6.60. The lowest BCUT2D eigenvalue weighted by atomic mass is 10.3. The van der Waals surface area contributed by atoms with Gasteiger partial charge in [0.05, 0.1) is 24.4 Å². The summed E-state index contributed by atoms with van der Waals surface area (Å²) in [6, 6.07) is 3.46. The van der Waals surface area contributed by atoms with Gasteiger partial charge in [0, 0.05) is 12.3 Å². The van der Waals surface area contributed by atoms with E-state index in [9.17, 15) is 4.79 Å². The molecule has 0 fully saturated rings. The van der Waals surface area contributed by atoms with E-state index < -0.39 is 5.24 Å². The van der Waals surface area contributed by atoms with Crippen LogP contribution in [0.1, 0.15) is 10.4 Å². The predicted molar refractivity (Wildman–Crippen MR) is 51.9 cm³/mol. The first kappa shape index (κ1) is 9.02. The summed E-state index contributed by atoms with van der Waals surface area (Å²) in [5, 5.41) is 3.45. The molecule has 0 aromatic carbocycles. The molecule has 0 amide bonds. The fourth-order valence-corrected chi connectivity index (χ4v) is 1.39. The standard InChI is InChI=1S/C9H7ClN2O2/c1-14-6-2-3-12-8(4-6)7(5-11-12)9(10)13/h2-5H,1H3. The number of methoxy groups -OCH3 is 1. The van der Waals surface area contributed by atoms with Gasteiger partial charge in [-0.1, -0.05) is 0 Å². The van der Waals surface area contributed by atoms with E-state index in [-0.39, 0.29) is 0 Å². The van der Waals surface area contributed by atoms with Crippen LogP contribution in [0.5, 0.6) is 5.75 Å². The third-order valence-corrected chi connectivity index (χ3v) is 2.14. The summed E-state index contributed by atoms with van der Waals surface area (Å²) in [5.41, 5.74) is 1.02. The summed E-state index contributed by atoms with van der Waals surface area (Å²) in [4.78, 5) is 11.0. The molecule has 0 bridgehead atoms. The van der Waals surface area contributed by atoms with E-state index in [2.05, 4.69) is 5.10 Å². The molecule has 0 aliphatic carbocycles. The van der Waals surface area contributed by atoms with Crippen LogP contribution in [0.2, 0.25) is 0 Å². The molecule has 2 aromatic heterocycles. The van der Waals surface area contributed by atoms with Crippen LogP contribution >= 0.6 is 11.6 Å². The molecule has 0 N–H and O–H groups in total. The predicted octanol–water partition coefficient (Wildman–Crippen LogP) is 1.72. The monoisotopic (exact) mass is 210 g/mol. The van der Waals surface area contributed by atoms with Gasteiger partial charge < -0.3 is 4.74 Å². The topological polar surface area (TPSA) is 43.6 Å². The molecule has 2 aromatic rings. The molecule has 0 radical (unpaired) electrons. The number of carbonyl (C=O) groups is 1. The van der Waals surface area contributed by atoms with Crippen LogP contribution in [0.25, 0.3) is 5.52 Å². The minimum Gasteiger partial charge on any atom is -0.497 e. The van der Waals surface area contributed by atoms with Gasteiger partial charge in [0.1, 0.15) is 5.75 Å². The molecule has 0 saturated carbocycles. The van der Waals surface area contributed by atoms with Gasteiger partial charge in [-0.25, -0.2) is 4.52 Å². The highest BCUT2D eigenvalue weighted by molar-refractivity contribution is 6.68. The smallest absolute Gasteiger partial charge is 0.256 e. The number of rotatable bonds is 2.